The molecule has 1 aliphatic heterocycles. The van der Waals surface area contributed by atoms with Crippen molar-refractivity contribution >= 4 is 11.9 Å². The number of ether oxygens (including phenoxy) is 2. The SMILES string of the molecule is COc1ncnc(OC)c1C(=O)N1CCC[C@H](C(=O)O)C1. The number of carbonyl (C=O) groups excluding carboxylic acids is 1. The molecule has 1 aliphatic rings. The van der Waals surface area contributed by atoms with Crippen LogP contribution in [0.15, 0.2) is 6.33 Å². The van der Waals surface area contributed by atoms with Crippen LogP contribution < -0.4 is 9.47 Å². The minimum Gasteiger partial charge on any atom is -0.481 e. The Hall–Kier alpha value is -2.38. The molecule has 0 radical (unpaired) electrons. The molecule has 1 amide bonds. The first-order chi connectivity index (χ1) is 10.1. The number of methoxy groups -OCH3 is 2. The van der Waals surface area contributed by atoms with Gasteiger partial charge in [-0.15, -0.1) is 0 Å². The Bertz CT molecular complexity index is 526. The largest absolute Gasteiger partial charge is 0.481 e. The summed E-state index contributed by atoms with van der Waals surface area (Å²) in [6.45, 7) is 0.652. The van der Waals surface area contributed by atoms with E-state index in [1.807, 2.05) is 0 Å². The average molecular weight is 295 g/mol. The highest BCUT2D eigenvalue weighted by Crippen LogP contribution is 2.27. The van der Waals surface area contributed by atoms with Crippen LogP contribution in [0.5, 0.6) is 11.8 Å². The van der Waals surface area contributed by atoms with Crippen LogP contribution in [0.25, 0.3) is 0 Å². The van der Waals surface area contributed by atoms with Gasteiger partial charge in [-0.05, 0) is 12.8 Å². The zero-order valence-electron chi connectivity index (χ0n) is 11.9. The zero-order valence-corrected chi connectivity index (χ0v) is 11.9. The van der Waals surface area contributed by atoms with Gasteiger partial charge in [0, 0.05) is 13.1 Å². The maximum atomic E-state index is 12.6. The number of nitrogens with zero attached hydrogens (tertiary/aromatic N) is 3. The molecule has 0 saturated carbocycles. The van der Waals surface area contributed by atoms with Crippen molar-refractivity contribution < 1.29 is 24.2 Å². The summed E-state index contributed by atoms with van der Waals surface area (Å²) in [5.41, 5.74) is 0.119. The van der Waals surface area contributed by atoms with Crippen LogP contribution in [0, 0.1) is 5.92 Å². The molecular weight excluding hydrogens is 278 g/mol. The first kappa shape index (κ1) is 15.0. The van der Waals surface area contributed by atoms with Gasteiger partial charge in [-0.1, -0.05) is 0 Å². The van der Waals surface area contributed by atoms with Crippen LogP contribution >= 0.6 is 0 Å². The summed E-state index contributed by atoms with van der Waals surface area (Å²) in [6.07, 6.45) is 2.45. The molecule has 1 aromatic heterocycles. The number of carboxylic acid groups (broad SMARTS) is 1. The molecule has 1 N–H and O–H groups in total. The van der Waals surface area contributed by atoms with E-state index in [4.69, 9.17) is 14.6 Å². The lowest BCUT2D eigenvalue weighted by Gasteiger charge is -2.31. The summed E-state index contributed by atoms with van der Waals surface area (Å²) in [7, 11) is 2.80. The van der Waals surface area contributed by atoms with Crippen molar-refractivity contribution in [1.82, 2.24) is 14.9 Å². The third-order valence-electron chi connectivity index (χ3n) is 3.44. The van der Waals surface area contributed by atoms with Crippen molar-refractivity contribution in [3.63, 3.8) is 0 Å². The molecule has 1 atom stereocenters. The second-order valence-electron chi connectivity index (χ2n) is 4.70. The Labute approximate surface area is 121 Å². The Balaban J connectivity index is 2.29. The number of piperidine rings is 1. The van der Waals surface area contributed by atoms with Crippen molar-refractivity contribution in [2.24, 2.45) is 5.92 Å². The normalized spacial score (nSPS) is 18.2. The van der Waals surface area contributed by atoms with Crippen LogP contribution in [0.4, 0.5) is 0 Å². The molecule has 0 unspecified atom stereocenters. The summed E-state index contributed by atoms with van der Waals surface area (Å²) in [6, 6.07) is 0. The van der Waals surface area contributed by atoms with Gasteiger partial charge in [0.15, 0.2) is 5.56 Å². The van der Waals surface area contributed by atoms with E-state index in [1.165, 1.54) is 25.4 Å². The van der Waals surface area contributed by atoms with Gasteiger partial charge in [0.05, 0.1) is 20.1 Å². The Morgan fingerprint density at radius 2 is 1.90 bits per heavy atom. The number of carboxylic acids is 1. The van der Waals surface area contributed by atoms with Crippen LogP contribution in [-0.4, -0.2) is 59.2 Å². The van der Waals surface area contributed by atoms with Crippen LogP contribution in [0.2, 0.25) is 0 Å². The van der Waals surface area contributed by atoms with E-state index in [2.05, 4.69) is 9.97 Å². The molecule has 1 saturated heterocycles. The topological polar surface area (TPSA) is 102 Å². The molecule has 0 spiro atoms. The lowest BCUT2D eigenvalue weighted by molar-refractivity contribution is -0.143. The molecule has 2 rings (SSSR count). The minimum absolute atomic E-state index is 0.115. The third kappa shape index (κ3) is 3.04. The first-order valence-electron chi connectivity index (χ1n) is 6.53. The minimum atomic E-state index is -0.893. The van der Waals surface area contributed by atoms with E-state index in [9.17, 15) is 9.59 Å². The quantitative estimate of drug-likeness (QED) is 0.859. The summed E-state index contributed by atoms with van der Waals surface area (Å²) in [5.74, 6) is -1.59. The number of carbonyl (C=O) groups is 2. The number of hydrogen-bond acceptors (Lipinski definition) is 6. The smallest absolute Gasteiger partial charge is 0.308 e. The van der Waals surface area contributed by atoms with E-state index >= 15 is 0 Å². The van der Waals surface area contributed by atoms with Crippen molar-refractivity contribution in [2.75, 3.05) is 27.3 Å². The lowest BCUT2D eigenvalue weighted by atomic mass is 9.98. The summed E-state index contributed by atoms with van der Waals surface area (Å²) in [4.78, 5) is 33.0. The number of aromatic nitrogens is 2. The molecule has 0 aromatic carbocycles. The van der Waals surface area contributed by atoms with Gasteiger partial charge in [-0.25, -0.2) is 9.97 Å². The van der Waals surface area contributed by atoms with Crippen LogP contribution in [0.3, 0.4) is 0 Å². The summed E-state index contributed by atoms with van der Waals surface area (Å²) in [5, 5.41) is 9.10. The van der Waals surface area contributed by atoms with Gasteiger partial charge in [0.25, 0.3) is 5.91 Å². The Morgan fingerprint density at radius 1 is 1.29 bits per heavy atom. The van der Waals surface area contributed by atoms with Gasteiger partial charge in [-0.3, -0.25) is 9.59 Å². The summed E-state index contributed by atoms with van der Waals surface area (Å²) >= 11 is 0. The van der Waals surface area contributed by atoms with Gasteiger partial charge in [-0.2, -0.15) is 0 Å². The molecule has 0 aliphatic carbocycles. The summed E-state index contributed by atoms with van der Waals surface area (Å²) < 4.78 is 10.2. The zero-order chi connectivity index (χ0) is 15.4. The van der Waals surface area contributed by atoms with E-state index in [0.717, 1.165) is 0 Å². The van der Waals surface area contributed by atoms with Crippen molar-refractivity contribution in [3.05, 3.63) is 11.9 Å². The molecule has 1 fully saturated rings. The third-order valence-corrected chi connectivity index (χ3v) is 3.44. The van der Waals surface area contributed by atoms with Crippen molar-refractivity contribution in [3.8, 4) is 11.8 Å². The van der Waals surface area contributed by atoms with Gasteiger partial charge < -0.3 is 19.5 Å². The predicted molar refractivity (Wildman–Crippen MR) is 71.4 cm³/mol. The maximum absolute atomic E-state index is 12.6. The molecule has 8 nitrogen and oxygen atoms in total. The average Bonchev–Trinajstić information content (AvgIpc) is 2.53. The fraction of sp³-hybridized carbons (Fsp3) is 0.538. The Kier molecular flexibility index (Phi) is 4.56. The molecular formula is C13H17N3O5. The number of likely N-dealkylation sites (tertiary alicyclic amines) is 1. The predicted octanol–water partition coefficient (Wildman–Crippen LogP) is 0.431. The first-order valence-corrected chi connectivity index (χ1v) is 6.53. The van der Waals surface area contributed by atoms with E-state index in [0.29, 0.717) is 19.4 Å². The molecule has 1 aromatic rings. The highest BCUT2D eigenvalue weighted by molar-refractivity contribution is 5.98. The van der Waals surface area contributed by atoms with Gasteiger partial charge in [0.1, 0.15) is 6.33 Å². The second-order valence-corrected chi connectivity index (χ2v) is 4.70. The monoisotopic (exact) mass is 295 g/mol. The molecule has 21 heavy (non-hydrogen) atoms. The van der Waals surface area contributed by atoms with Crippen LogP contribution in [-0.2, 0) is 4.79 Å². The highest BCUT2D eigenvalue weighted by Gasteiger charge is 2.32. The van der Waals surface area contributed by atoms with E-state index < -0.39 is 11.9 Å². The van der Waals surface area contributed by atoms with Gasteiger partial charge >= 0.3 is 5.97 Å². The number of rotatable bonds is 4. The maximum Gasteiger partial charge on any atom is 0.308 e. The molecule has 0 bridgehead atoms. The number of hydrogen-bond donors (Lipinski definition) is 1. The second kappa shape index (κ2) is 6.38. The van der Waals surface area contributed by atoms with Crippen molar-refractivity contribution in [2.45, 2.75) is 12.8 Å². The fourth-order valence-electron chi connectivity index (χ4n) is 2.37. The molecule has 2 heterocycles. The van der Waals surface area contributed by atoms with E-state index in [-0.39, 0.29) is 29.8 Å². The molecule has 8 heteroatoms. The lowest BCUT2D eigenvalue weighted by Crippen LogP contribution is -2.42. The van der Waals surface area contributed by atoms with Gasteiger partial charge in [0.2, 0.25) is 11.8 Å². The van der Waals surface area contributed by atoms with Crippen molar-refractivity contribution in [1.29, 1.82) is 0 Å². The number of aliphatic carboxylic acids is 1. The highest BCUT2D eigenvalue weighted by atomic mass is 16.5. The van der Waals surface area contributed by atoms with Crippen LogP contribution in [0.1, 0.15) is 23.2 Å². The Morgan fingerprint density at radius 3 is 2.43 bits per heavy atom. The number of amides is 1. The van der Waals surface area contributed by atoms with E-state index in [1.54, 1.807) is 0 Å². The molecule has 114 valence electrons. The fourth-order valence-corrected chi connectivity index (χ4v) is 2.37. The standard InChI is InChI=1S/C13H17N3O5/c1-20-10-9(11(21-2)15-7-14-10)12(17)16-5-3-4-8(6-16)13(18)19/h7-8H,3-6H2,1-2H3,(H,18,19)/t8-/m0/s1.